The molecule has 0 saturated carbocycles. The van der Waals surface area contributed by atoms with Gasteiger partial charge in [0, 0.05) is 0 Å². The molecular formula is C18H19ClO4. The Bertz CT molecular complexity index is 697. The number of benzene rings is 2. The van der Waals surface area contributed by atoms with Gasteiger partial charge in [-0.3, -0.25) is 4.79 Å². The van der Waals surface area contributed by atoms with E-state index in [0.717, 1.165) is 5.56 Å². The van der Waals surface area contributed by atoms with Gasteiger partial charge in [0.15, 0.2) is 0 Å². The van der Waals surface area contributed by atoms with Crippen molar-refractivity contribution < 1.29 is 19.7 Å². The van der Waals surface area contributed by atoms with Crippen LogP contribution in [0.3, 0.4) is 0 Å². The Kier molecular flexibility index (Phi) is 5.50. The van der Waals surface area contributed by atoms with Crippen LogP contribution in [0.2, 0.25) is 5.02 Å². The molecule has 0 aromatic heterocycles. The third-order valence-corrected chi connectivity index (χ3v) is 3.66. The highest BCUT2D eigenvalue weighted by Crippen LogP contribution is 2.30. The summed E-state index contributed by atoms with van der Waals surface area (Å²) < 4.78 is 5.57. The fourth-order valence-electron chi connectivity index (χ4n) is 2.35. The van der Waals surface area contributed by atoms with Gasteiger partial charge in [0.2, 0.25) is 0 Å². The summed E-state index contributed by atoms with van der Waals surface area (Å²) in [4.78, 5) is 11.6. The average Bonchev–Trinajstić information content (AvgIpc) is 2.46. The molecule has 0 amide bonds. The molecule has 0 radical (unpaired) electrons. The molecule has 0 aliphatic rings. The van der Waals surface area contributed by atoms with Gasteiger partial charge in [-0.05, 0) is 55.7 Å². The Labute approximate surface area is 140 Å². The van der Waals surface area contributed by atoms with Crippen LogP contribution in [0.15, 0.2) is 42.5 Å². The summed E-state index contributed by atoms with van der Waals surface area (Å²) in [6, 6.07) is 11.6. The fourth-order valence-corrected chi connectivity index (χ4v) is 2.59. The van der Waals surface area contributed by atoms with E-state index in [4.69, 9.17) is 16.3 Å². The van der Waals surface area contributed by atoms with Crippen LogP contribution in [-0.4, -0.2) is 22.3 Å². The summed E-state index contributed by atoms with van der Waals surface area (Å²) >= 11 is 6.20. The molecule has 2 aromatic carbocycles. The topological polar surface area (TPSA) is 66.8 Å². The van der Waals surface area contributed by atoms with Gasteiger partial charge in [-0.25, -0.2) is 0 Å². The van der Waals surface area contributed by atoms with E-state index < -0.39 is 11.9 Å². The van der Waals surface area contributed by atoms with Crippen molar-refractivity contribution in [2.45, 2.75) is 32.3 Å². The molecule has 23 heavy (non-hydrogen) atoms. The lowest BCUT2D eigenvalue weighted by atomic mass is 9.92. The van der Waals surface area contributed by atoms with Crippen LogP contribution in [0.4, 0.5) is 0 Å². The van der Waals surface area contributed by atoms with Gasteiger partial charge in [0.1, 0.15) is 11.5 Å². The molecule has 2 rings (SSSR count). The highest BCUT2D eigenvalue weighted by molar-refractivity contribution is 6.32. The minimum Gasteiger partial charge on any atom is -0.508 e. The quantitative estimate of drug-likeness (QED) is 0.829. The summed E-state index contributed by atoms with van der Waals surface area (Å²) in [5.74, 6) is -1.08. The maximum Gasteiger partial charge on any atom is 0.311 e. The van der Waals surface area contributed by atoms with Crippen LogP contribution in [0.25, 0.3) is 0 Å². The van der Waals surface area contributed by atoms with Gasteiger partial charge >= 0.3 is 5.97 Å². The predicted octanol–water partition coefficient (Wildman–Crippen LogP) is 4.24. The molecule has 5 heteroatoms. The summed E-state index contributed by atoms with van der Waals surface area (Å²) in [5, 5.41) is 19.5. The Hall–Kier alpha value is -2.20. The number of carboxylic acids is 1. The Balaban J connectivity index is 2.24. The maximum atomic E-state index is 11.6. The lowest BCUT2D eigenvalue weighted by Crippen LogP contribution is -2.14. The first-order chi connectivity index (χ1) is 10.9. The van der Waals surface area contributed by atoms with Crippen molar-refractivity contribution >= 4 is 17.6 Å². The SMILES string of the molecule is CC(C)Oc1ccc(CC(C(=O)O)c2cccc(O)c2)cc1Cl. The van der Waals surface area contributed by atoms with Gasteiger partial charge in [-0.15, -0.1) is 0 Å². The normalized spacial score (nSPS) is 12.2. The van der Waals surface area contributed by atoms with Crippen molar-refractivity contribution in [3.8, 4) is 11.5 Å². The number of phenolic OH excluding ortho intramolecular Hbond substituents is 1. The predicted molar refractivity (Wildman–Crippen MR) is 89.4 cm³/mol. The fraction of sp³-hybridized carbons (Fsp3) is 0.278. The van der Waals surface area contributed by atoms with Gasteiger partial charge in [0.05, 0.1) is 17.0 Å². The molecule has 0 heterocycles. The smallest absolute Gasteiger partial charge is 0.311 e. The van der Waals surface area contributed by atoms with Crippen molar-refractivity contribution in [3.63, 3.8) is 0 Å². The number of aromatic hydroxyl groups is 1. The van der Waals surface area contributed by atoms with E-state index in [1.54, 1.807) is 24.3 Å². The second-order valence-corrected chi connectivity index (χ2v) is 6.03. The average molecular weight is 335 g/mol. The van der Waals surface area contributed by atoms with Crippen LogP contribution in [0, 0.1) is 0 Å². The molecule has 2 N–H and O–H groups in total. The molecule has 0 fully saturated rings. The first kappa shape index (κ1) is 17.2. The van der Waals surface area contributed by atoms with E-state index in [9.17, 15) is 15.0 Å². The number of halogens is 1. The van der Waals surface area contributed by atoms with E-state index in [-0.39, 0.29) is 18.3 Å². The van der Waals surface area contributed by atoms with Crippen molar-refractivity contribution in [2.75, 3.05) is 0 Å². The Morgan fingerprint density at radius 2 is 1.96 bits per heavy atom. The third kappa shape index (κ3) is 4.63. The lowest BCUT2D eigenvalue weighted by Gasteiger charge is -2.15. The Morgan fingerprint density at radius 3 is 2.52 bits per heavy atom. The van der Waals surface area contributed by atoms with Gasteiger partial charge in [-0.1, -0.05) is 29.8 Å². The molecule has 0 bridgehead atoms. The molecular weight excluding hydrogens is 316 g/mol. The number of hydrogen-bond donors (Lipinski definition) is 2. The van der Waals surface area contributed by atoms with Crippen molar-refractivity contribution in [1.82, 2.24) is 0 Å². The number of aliphatic carboxylic acids is 1. The van der Waals surface area contributed by atoms with Crippen molar-refractivity contribution in [3.05, 3.63) is 58.6 Å². The zero-order chi connectivity index (χ0) is 17.0. The molecule has 0 spiro atoms. The minimum absolute atomic E-state index is 0.0115. The van der Waals surface area contributed by atoms with Gasteiger partial charge < -0.3 is 14.9 Å². The number of hydrogen-bond acceptors (Lipinski definition) is 3. The lowest BCUT2D eigenvalue weighted by molar-refractivity contribution is -0.138. The van der Waals surface area contributed by atoms with Gasteiger partial charge in [-0.2, -0.15) is 0 Å². The number of phenols is 1. The molecule has 4 nitrogen and oxygen atoms in total. The van der Waals surface area contributed by atoms with E-state index in [0.29, 0.717) is 16.3 Å². The second-order valence-electron chi connectivity index (χ2n) is 5.62. The minimum atomic E-state index is -0.950. The zero-order valence-corrected chi connectivity index (χ0v) is 13.7. The summed E-state index contributed by atoms with van der Waals surface area (Å²) in [7, 11) is 0. The van der Waals surface area contributed by atoms with E-state index >= 15 is 0 Å². The van der Waals surface area contributed by atoms with Crippen LogP contribution in [0.1, 0.15) is 30.9 Å². The largest absolute Gasteiger partial charge is 0.508 e. The van der Waals surface area contributed by atoms with Crippen LogP contribution in [0.5, 0.6) is 11.5 Å². The summed E-state index contributed by atoms with van der Waals surface area (Å²) in [5.41, 5.74) is 1.35. The highest BCUT2D eigenvalue weighted by Gasteiger charge is 2.21. The van der Waals surface area contributed by atoms with Crippen LogP contribution < -0.4 is 4.74 Å². The Morgan fingerprint density at radius 1 is 1.22 bits per heavy atom. The van der Waals surface area contributed by atoms with Crippen molar-refractivity contribution in [1.29, 1.82) is 0 Å². The molecule has 1 unspecified atom stereocenters. The highest BCUT2D eigenvalue weighted by atomic mass is 35.5. The second kappa shape index (κ2) is 7.38. The molecule has 122 valence electrons. The van der Waals surface area contributed by atoms with Crippen LogP contribution in [-0.2, 0) is 11.2 Å². The molecule has 2 aromatic rings. The molecule has 0 aliphatic carbocycles. The monoisotopic (exact) mass is 334 g/mol. The summed E-state index contributed by atoms with van der Waals surface area (Å²) in [6.07, 6.45) is 0.290. The number of carbonyl (C=O) groups is 1. The summed E-state index contributed by atoms with van der Waals surface area (Å²) in [6.45, 7) is 3.82. The third-order valence-electron chi connectivity index (χ3n) is 3.37. The van der Waals surface area contributed by atoms with Crippen molar-refractivity contribution in [2.24, 2.45) is 0 Å². The molecule has 1 atom stereocenters. The number of rotatable bonds is 6. The first-order valence-electron chi connectivity index (χ1n) is 7.33. The van der Waals surface area contributed by atoms with Gasteiger partial charge in [0.25, 0.3) is 0 Å². The molecule has 0 saturated heterocycles. The van der Waals surface area contributed by atoms with Crippen LogP contribution >= 0.6 is 11.6 Å². The molecule has 0 aliphatic heterocycles. The standard InChI is InChI=1S/C18H19ClO4/c1-11(2)23-17-7-6-12(9-16(17)19)8-15(18(21)22)13-4-3-5-14(20)10-13/h3-7,9-11,15,20H,8H2,1-2H3,(H,21,22). The number of carboxylic acid groups (broad SMARTS) is 1. The first-order valence-corrected chi connectivity index (χ1v) is 7.71. The van der Waals surface area contributed by atoms with E-state index in [1.165, 1.54) is 12.1 Å². The zero-order valence-electron chi connectivity index (χ0n) is 13.0. The van der Waals surface area contributed by atoms with E-state index in [1.807, 2.05) is 19.9 Å². The maximum absolute atomic E-state index is 11.6. The number of ether oxygens (including phenoxy) is 1. The van der Waals surface area contributed by atoms with E-state index in [2.05, 4.69) is 0 Å².